The van der Waals surface area contributed by atoms with E-state index in [4.69, 9.17) is 4.98 Å². The Morgan fingerprint density at radius 2 is 1.90 bits per heavy atom. The average molecular weight is 263 g/mol. The molecule has 1 aromatic heterocycles. The van der Waals surface area contributed by atoms with Gasteiger partial charge < -0.3 is 0 Å². The van der Waals surface area contributed by atoms with Crippen LogP contribution in [0.1, 0.15) is 26.0 Å². The highest BCUT2D eigenvalue weighted by Gasteiger charge is 2.32. The summed E-state index contributed by atoms with van der Waals surface area (Å²) in [5.41, 5.74) is 3.41. The lowest BCUT2D eigenvalue weighted by Gasteiger charge is -2.31. The van der Waals surface area contributed by atoms with Crippen LogP contribution in [0, 0.1) is 5.41 Å². The van der Waals surface area contributed by atoms with Crippen LogP contribution in [0.2, 0.25) is 0 Å². The number of hydrogen-bond acceptors (Lipinski definition) is 2. The zero-order valence-corrected chi connectivity index (χ0v) is 11.8. The second kappa shape index (κ2) is 4.41. The van der Waals surface area contributed by atoms with E-state index in [0.717, 1.165) is 22.2 Å². The molecule has 0 radical (unpaired) electrons. The molecule has 0 atom stereocenters. The van der Waals surface area contributed by atoms with E-state index >= 15 is 0 Å². The normalized spacial score (nSPS) is 18.2. The van der Waals surface area contributed by atoms with Crippen molar-refractivity contribution < 1.29 is 4.79 Å². The van der Waals surface area contributed by atoms with E-state index < -0.39 is 0 Å². The molecule has 0 aliphatic heterocycles. The molecule has 0 spiro atoms. The maximum atomic E-state index is 11.9. The fraction of sp³-hybridized carbons (Fsp3) is 0.222. The predicted molar refractivity (Wildman–Crippen MR) is 82.3 cm³/mol. The van der Waals surface area contributed by atoms with Crippen LogP contribution in [0.15, 0.2) is 54.6 Å². The van der Waals surface area contributed by atoms with E-state index in [-0.39, 0.29) is 11.2 Å². The first-order chi connectivity index (χ1) is 9.47. The molecule has 100 valence electrons. The average Bonchev–Trinajstić information content (AvgIpc) is 2.42. The maximum absolute atomic E-state index is 11.9. The highest BCUT2D eigenvalue weighted by molar-refractivity contribution is 6.10. The maximum Gasteiger partial charge on any atom is 0.181 e. The molecule has 1 aliphatic carbocycles. The number of rotatable bonds is 1. The first-order valence-electron chi connectivity index (χ1n) is 6.78. The molecule has 1 heterocycles. The molecular weight excluding hydrogens is 246 g/mol. The Hall–Kier alpha value is -2.22. The van der Waals surface area contributed by atoms with Crippen molar-refractivity contribution in [1.82, 2.24) is 4.98 Å². The summed E-state index contributed by atoms with van der Waals surface area (Å²) >= 11 is 0. The Balaban J connectivity index is 2.16. The molecular formula is C18H17NO. The van der Waals surface area contributed by atoms with Gasteiger partial charge >= 0.3 is 0 Å². The molecule has 2 aromatic rings. The second-order valence-electron chi connectivity index (χ2n) is 5.98. The Labute approximate surface area is 118 Å². The third-order valence-corrected chi connectivity index (χ3v) is 3.88. The first kappa shape index (κ1) is 12.8. The molecule has 3 rings (SSSR count). The number of fused-ring (bicyclic) bond motifs is 1. The molecule has 1 aliphatic rings. The van der Waals surface area contributed by atoms with E-state index in [9.17, 15) is 4.79 Å². The third kappa shape index (κ3) is 2.07. The highest BCUT2D eigenvalue weighted by Crippen LogP contribution is 2.42. The fourth-order valence-corrected chi connectivity index (χ4v) is 2.78. The number of nitrogens with zero attached hydrogens (tertiary/aromatic N) is 1. The molecule has 0 saturated carbocycles. The smallest absolute Gasteiger partial charge is 0.181 e. The minimum Gasteiger partial charge on any atom is -0.290 e. The van der Waals surface area contributed by atoms with E-state index in [2.05, 4.69) is 26.5 Å². The first-order valence-corrected chi connectivity index (χ1v) is 6.78. The van der Waals surface area contributed by atoms with Crippen LogP contribution in [0.5, 0.6) is 0 Å². The topological polar surface area (TPSA) is 30.0 Å². The number of carbonyl (C=O) groups is 1. The number of carbonyl (C=O) groups excluding carboxylic acids is 1. The van der Waals surface area contributed by atoms with E-state index in [1.165, 1.54) is 0 Å². The summed E-state index contributed by atoms with van der Waals surface area (Å²) in [6.45, 7) is 8.12. The molecule has 2 heteroatoms. The predicted octanol–water partition coefficient (Wildman–Crippen LogP) is 4.17. The number of benzene rings is 1. The van der Waals surface area contributed by atoms with Crippen molar-refractivity contribution in [2.45, 2.75) is 20.3 Å². The molecule has 0 bridgehead atoms. The summed E-state index contributed by atoms with van der Waals surface area (Å²) in [4.78, 5) is 16.6. The van der Waals surface area contributed by atoms with Gasteiger partial charge in [-0.2, -0.15) is 0 Å². The van der Waals surface area contributed by atoms with Crippen LogP contribution < -0.4 is 0 Å². The fourth-order valence-electron chi connectivity index (χ4n) is 2.78. The lowest BCUT2D eigenvalue weighted by Crippen LogP contribution is -2.23. The number of pyridine rings is 1. The van der Waals surface area contributed by atoms with Gasteiger partial charge in [-0.05, 0) is 41.2 Å². The third-order valence-electron chi connectivity index (χ3n) is 3.88. The van der Waals surface area contributed by atoms with Crippen LogP contribution >= 0.6 is 0 Å². The molecule has 0 unspecified atom stereocenters. The molecule has 1 aromatic carbocycles. The van der Waals surface area contributed by atoms with E-state index in [1.807, 2.05) is 30.3 Å². The Kier molecular flexibility index (Phi) is 2.82. The monoisotopic (exact) mass is 263 g/mol. The summed E-state index contributed by atoms with van der Waals surface area (Å²) in [5, 5.41) is 1.11. The Morgan fingerprint density at radius 1 is 1.15 bits per heavy atom. The van der Waals surface area contributed by atoms with Gasteiger partial charge in [0.15, 0.2) is 5.78 Å². The van der Waals surface area contributed by atoms with Crippen molar-refractivity contribution >= 4 is 22.3 Å². The quantitative estimate of drug-likeness (QED) is 0.723. The number of aromatic nitrogens is 1. The lowest BCUT2D eigenvalue weighted by atomic mass is 9.72. The van der Waals surface area contributed by atoms with Crippen molar-refractivity contribution in [2.75, 3.05) is 0 Å². The van der Waals surface area contributed by atoms with Gasteiger partial charge in [-0.3, -0.25) is 4.79 Å². The molecule has 20 heavy (non-hydrogen) atoms. The number of ketones is 1. The van der Waals surface area contributed by atoms with Gasteiger partial charge in [0.1, 0.15) is 0 Å². The van der Waals surface area contributed by atoms with Crippen LogP contribution in [-0.2, 0) is 4.79 Å². The zero-order valence-electron chi connectivity index (χ0n) is 11.8. The van der Waals surface area contributed by atoms with Gasteiger partial charge in [0, 0.05) is 5.39 Å². The van der Waals surface area contributed by atoms with Gasteiger partial charge in [-0.1, -0.05) is 44.7 Å². The molecule has 0 amide bonds. The largest absolute Gasteiger partial charge is 0.290 e. The minimum absolute atomic E-state index is 0.0225. The van der Waals surface area contributed by atoms with Crippen molar-refractivity contribution in [3.05, 3.63) is 60.3 Å². The molecule has 0 N–H and O–H groups in total. The highest BCUT2D eigenvalue weighted by atomic mass is 16.1. The lowest BCUT2D eigenvalue weighted by molar-refractivity contribution is -0.111. The van der Waals surface area contributed by atoms with Gasteiger partial charge in [-0.25, -0.2) is 4.98 Å². The van der Waals surface area contributed by atoms with Crippen molar-refractivity contribution in [1.29, 1.82) is 0 Å². The summed E-state index contributed by atoms with van der Waals surface area (Å²) in [6.07, 6.45) is 2.38. The van der Waals surface area contributed by atoms with Crippen molar-refractivity contribution in [3.8, 4) is 0 Å². The molecule has 2 nitrogen and oxygen atoms in total. The SMILES string of the molecule is C=C1CC(C)(C)C(c2ccc3ccccc3n2)=CC1=O. The molecule has 0 fully saturated rings. The summed E-state index contributed by atoms with van der Waals surface area (Å²) in [6, 6.07) is 12.1. The van der Waals surface area contributed by atoms with E-state index in [1.54, 1.807) is 6.08 Å². The van der Waals surface area contributed by atoms with Gasteiger partial charge in [0.25, 0.3) is 0 Å². The number of para-hydroxylation sites is 1. The summed E-state index contributed by atoms with van der Waals surface area (Å²) in [7, 11) is 0. The van der Waals surface area contributed by atoms with Gasteiger partial charge in [0.2, 0.25) is 0 Å². The van der Waals surface area contributed by atoms with Crippen molar-refractivity contribution in [3.63, 3.8) is 0 Å². The number of allylic oxidation sites excluding steroid dienone is 3. The van der Waals surface area contributed by atoms with Crippen LogP contribution in [0.3, 0.4) is 0 Å². The summed E-state index contributed by atoms with van der Waals surface area (Å²) in [5.74, 6) is 0.0225. The zero-order chi connectivity index (χ0) is 14.3. The second-order valence-corrected chi connectivity index (χ2v) is 5.98. The van der Waals surface area contributed by atoms with Crippen LogP contribution in [0.4, 0.5) is 0 Å². The Morgan fingerprint density at radius 3 is 2.70 bits per heavy atom. The van der Waals surface area contributed by atoms with Gasteiger partial charge in [0.05, 0.1) is 11.2 Å². The van der Waals surface area contributed by atoms with E-state index in [0.29, 0.717) is 12.0 Å². The van der Waals surface area contributed by atoms with Crippen molar-refractivity contribution in [2.24, 2.45) is 5.41 Å². The molecule has 0 saturated heterocycles. The minimum atomic E-state index is -0.111. The standard InChI is InChI=1S/C18H17NO/c1-12-11-18(2,3)14(10-17(12)20)16-9-8-13-6-4-5-7-15(13)19-16/h4-10H,1,11H2,2-3H3. The summed E-state index contributed by atoms with van der Waals surface area (Å²) < 4.78 is 0. The van der Waals surface area contributed by atoms with Crippen LogP contribution in [-0.4, -0.2) is 10.8 Å². The van der Waals surface area contributed by atoms with Crippen LogP contribution in [0.25, 0.3) is 16.5 Å². The van der Waals surface area contributed by atoms with Gasteiger partial charge in [-0.15, -0.1) is 0 Å². The Bertz CT molecular complexity index is 753. The number of hydrogen-bond donors (Lipinski definition) is 0.